The lowest BCUT2D eigenvalue weighted by atomic mass is 9.74. The van der Waals surface area contributed by atoms with Crippen molar-refractivity contribution in [3.05, 3.63) is 35.4 Å². The first-order valence-electron chi connectivity index (χ1n) is 8.20. The molecule has 1 N–H and O–H groups in total. The minimum absolute atomic E-state index is 0.219. The summed E-state index contributed by atoms with van der Waals surface area (Å²) in [5, 5.41) is 3.55. The van der Waals surface area contributed by atoms with E-state index in [4.69, 9.17) is 4.74 Å². The predicted octanol–water partition coefficient (Wildman–Crippen LogP) is 4.28. The maximum atomic E-state index is 5.12. The number of methoxy groups -OCH3 is 1. The van der Waals surface area contributed by atoms with E-state index in [0.29, 0.717) is 0 Å². The lowest BCUT2D eigenvalue weighted by Gasteiger charge is -2.33. The first kappa shape index (κ1) is 18.2. The summed E-state index contributed by atoms with van der Waals surface area (Å²) in [6.45, 7) is 14.1. The van der Waals surface area contributed by atoms with Gasteiger partial charge in [0.1, 0.15) is 0 Å². The minimum Gasteiger partial charge on any atom is -0.383 e. The van der Waals surface area contributed by atoms with Crippen LogP contribution >= 0.6 is 0 Å². The Labute approximate surface area is 131 Å². The van der Waals surface area contributed by atoms with E-state index in [-0.39, 0.29) is 10.8 Å². The van der Waals surface area contributed by atoms with Crippen molar-refractivity contribution < 1.29 is 4.74 Å². The van der Waals surface area contributed by atoms with Gasteiger partial charge in [0.2, 0.25) is 0 Å². The molecule has 120 valence electrons. The number of nitrogens with one attached hydrogen (secondary N) is 1. The Morgan fingerprint density at radius 3 is 1.90 bits per heavy atom. The van der Waals surface area contributed by atoms with Gasteiger partial charge in [0, 0.05) is 25.6 Å². The van der Waals surface area contributed by atoms with Crippen LogP contribution in [0.2, 0.25) is 0 Å². The van der Waals surface area contributed by atoms with E-state index in [1.54, 1.807) is 7.11 Å². The van der Waals surface area contributed by atoms with Gasteiger partial charge >= 0.3 is 0 Å². The standard InChI is InChI=1S/C19H33NO/c1-7-19(8-2,15-20-13-14-21-6)17-11-9-16(10-12-17)18(3,4)5/h9-12,20H,7-8,13-15H2,1-6H3. The SMILES string of the molecule is CCC(CC)(CNCCOC)c1ccc(C(C)(C)C)cc1. The third-order valence-electron chi connectivity index (χ3n) is 4.66. The highest BCUT2D eigenvalue weighted by molar-refractivity contribution is 5.32. The van der Waals surface area contributed by atoms with E-state index in [2.05, 4.69) is 64.2 Å². The zero-order valence-corrected chi connectivity index (χ0v) is 14.8. The van der Waals surface area contributed by atoms with Crippen LogP contribution in [0, 0.1) is 0 Å². The van der Waals surface area contributed by atoms with E-state index in [1.165, 1.54) is 11.1 Å². The van der Waals surface area contributed by atoms with Crippen LogP contribution in [0.4, 0.5) is 0 Å². The highest BCUT2D eigenvalue weighted by atomic mass is 16.5. The molecule has 0 atom stereocenters. The van der Waals surface area contributed by atoms with Crippen molar-refractivity contribution in [3.63, 3.8) is 0 Å². The molecule has 2 heteroatoms. The molecule has 0 aromatic heterocycles. The molecule has 1 rings (SSSR count). The summed E-state index contributed by atoms with van der Waals surface area (Å²) in [5.41, 5.74) is 3.30. The second-order valence-corrected chi connectivity index (χ2v) is 6.98. The quantitative estimate of drug-likeness (QED) is 0.722. The van der Waals surface area contributed by atoms with E-state index < -0.39 is 0 Å². The average Bonchev–Trinajstić information content (AvgIpc) is 2.47. The molecule has 0 fully saturated rings. The summed E-state index contributed by atoms with van der Waals surface area (Å²) in [5.74, 6) is 0. The highest BCUT2D eigenvalue weighted by Gasteiger charge is 2.28. The van der Waals surface area contributed by atoms with Crippen LogP contribution in [0.5, 0.6) is 0 Å². The fraction of sp³-hybridized carbons (Fsp3) is 0.684. The summed E-state index contributed by atoms with van der Waals surface area (Å²) in [6, 6.07) is 9.24. The number of benzene rings is 1. The monoisotopic (exact) mass is 291 g/mol. The van der Waals surface area contributed by atoms with Crippen molar-refractivity contribution in [2.75, 3.05) is 26.8 Å². The van der Waals surface area contributed by atoms with Gasteiger partial charge in [0.05, 0.1) is 6.61 Å². The van der Waals surface area contributed by atoms with Crippen molar-refractivity contribution >= 4 is 0 Å². The molecule has 0 aliphatic carbocycles. The van der Waals surface area contributed by atoms with Gasteiger partial charge in [-0.05, 0) is 29.4 Å². The van der Waals surface area contributed by atoms with Crippen molar-refractivity contribution in [3.8, 4) is 0 Å². The largest absolute Gasteiger partial charge is 0.383 e. The summed E-state index contributed by atoms with van der Waals surface area (Å²) in [6.07, 6.45) is 2.30. The highest BCUT2D eigenvalue weighted by Crippen LogP contribution is 2.32. The Balaban J connectivity index is 2.89. The first-order valence-corrected chi connectivity index (χ1v) is 8.20. The van der Waals surface area contributed by atoms with Crippen molar-refractivity contribution in [1.29, 1.82) is 0 Å². The molecule has 0 unspecified atom stereocenters. The van der Waals surface area contributed by atoms with Gasteiger partial charge in [0.25, 0.3) is 0 Å². The van der Waals surface area contributed by atoms with Crippen LogP contribution in [0.25, 0.3) is 0 Å². The molecular weight excluding hydrogens is 258 g/mol. The Bertz CT molecular complexity index is 399. The molecule has 21 heavy (non-hydrogen) atoms. The summed E-state index contributed by atoms with van der Waals surface area (Å²) in [4.78, 5) is 0. The van der Waals surface area contributed by atoms with Crippen molar-refractivity contribution in [2.24, 2.45) is 0 Å². The normalized spacial score (nSPS) is 12.7. The van der Waals surface area contributed by atoms with Gasteiger partial charge in [0.15, 0.2) is 0 Å². The molecule has 0 radical (unpaired) electrons. The molecule has 2 nitrogen and oxygen atoms in total. The van der Waals surface area contributed by atoms with Gasteiger partial charge < -0.3 is 10.1 Å². The first-order chi connectivity index (χ1) is 9.89. The Morgan fingerprint density at radius 2 is 1.48 bits per heavy atom. The molecule has 1 aromatic rings. The molecular formula is C19H33NO. The van der Waals surface area contributed by atoms with Gasteiger partial charge in [-0.3, -0.25) is 0 Å². The van der Waals surface area contributed by atoms with Gasteiger partial charge in [-0.2, -0.15) is 0 Å². The Morgan fingerprint density at radius 1 is 0.952 bits per heavy atom. The van der Waals surface area contributed by atoms with Gasteiger partial charge in [-0.25, -0.2) is 0 Å². The van der Waals surface area contributed by atoms with Crippen LogP contribution in [0.15, 0.2) is 24.3 Å². The Hall–Kier alpha value is -0.860. The number of rotatable bonds is 8. The smallest absolute Gasteiger partial charge is 0.0587 e. The molecule has 0 aliphatic rings. The van der Waals surface area contributed by atoms with Crippen molar-refractivity contribution in [2.45, 2.75) is 58.3 Å². The average molecular weight is 291 g/mol. The molecule has 0 saturated carbocycles. The maximum absolute atomic E-state index is 5.12. The van der Waals surface area contributed by atoms with Gasteiger partial charge in [-0.15, -0.1) is 0 Å². The maximum Gasteiger partial charge on any atom is 0.0587 e. The minimum atomic E-state index is 0.219. The third kappa shape index (κ3) is 4.82. The number of hydrogen-bond acceptors (Lipinski definition) is 2. The molecule has 0 saturated heterocycles. The van der Waals surface area contributed by atoms with Crippen LogP contribution in [0.1, 0.15) is 58.6 Å². The molecule has 0 bridgehead atoms. The van der Waals surface area contributed by atoms with Crippen LogP contribution < -0.4 is 5.32 Å². The second-order valence-electron chi connectivity index (χ2n) is 6.98. The molecule has 0 aliphatic heterocycles. The molecule has 1 aromatic carbocycles. The lowest BCUT2D eigenvalue weighted by molar-refractivity contribution is 0.195. The fourth-order valence-corrected chi connectivity index (χ4v) is 2.84. The fourth-order valence-electron chi connectivity index (χ4n) is 2.84. The van der Waals surface area contributed by atoms with E-state index in [1.807, 2.05) is 0 Å². The summed E-state index contributed by atoms with van der Waals surface area (Å²) < 4.78 is 5.12. The van der Waals surface area contributed by atoms with Crippen LogP contribution in [-0.4, -0.2) is 26.8 Å². The predicted molar refractivity (Wildman–Crippen MR) is 92.1 cm³/mol. The lowest BCUT2D eigenvalue weighted by Crippen LogP contribution is -2.38. The van der Waals surface area contributed by atoms with Crippen molar-refractivity contribution in [1.82, 2.24) is 5.32 Å². The van der Waals surface area contributed by atoms with E-state index in [0.717, 1.165) is 32.5 Å². The van der Waals surface area contributed by atoms with Crippen LogP contribution in [0.3, 0.4) is 0 Å². The molecule has 0 amide bonds. The summed E-state index contributed by atoms with van der Waals surface area (Å²) in [7, 11) is 1.75. The molecule has 0 spiro atoms. The second kappa shape index (κ2) is 7.95. The topological polar surface area (TPSA) is 21.3 Å². The van der Waals surface area contributed by atoms with Gasteiger partial charge in [-0.1, -0.05) is 58.9 Å². The zero-order valence-electron chi connectivity index (χ0n) is 14.8. The third-order valence-corrected chi connectivity index (χ3v) is 4.66. The summed E-state index contributed by atoms with van der Waals surface area (Å²) >= 11 is 0. The van der Waals surface area contributed by atoms with Crippen LogP contribution in [-0.2, 0) is 15.6 Å². The Kier molecular flexibility index (Phi) is 6.89. The number of hydrogen-bond donors (Lipinski definition) is 1. The van der Waals surface area contributed by atoms with E-state index in [9.17, 15) is 0 Å². The van der Waals surface area contributed by atoms with E-state index >= 15 is 0 Å². The number of ether oxygens (including phenoxy) is 1. The zero-order chi connectivity index (χ0) is 15.9. The molecule has 0 heterocycles.